The summed E-state index contributed by atoms with van der Waals surface area (Å²) in [4.78, 5) is 0. The Morgan fingerprint density at radius 1 is 1.50 bits per heavy atom. The molecular weight excluding hydrogens is 174 g/mol. The number of aryl methyl sites for hydroxylation is 2. The first kappa shape index (κ1) is 11.2. The molecule has 0 saturated carbocycles. The summed E-state index contributed by atoms with van der Waals surface area (Å²) in [5.41, 5.74) is 8.43. The van der Waals surface area contributed by atoms with Gasteiger partial charge in [-0.15, -0.1) is 0 Å². The van der Waals surface area contributed by atoms with Gasteiger partial charge in [-0.2, -0.15) is 5.10 Å². The van der Waals surface area contributed by atoms with E-state index in [1.54, 1.807) is 0 Å². The van der Waals surface area contributed by atoms with Gasteiger partial charge in [-0.1, -0.05) is 13.8 Å². The number of hydrogen-bond donors (Lipinski definition) is 1. The summed E-state index contributed by atoms with van der Waals surface area (Å²) >= 11 is 0. The minimum atomic E-state index is 0.262. The topological polar surface area (TPSA) is 43.8 Å². The maximum absolute atomic E-state index is 6.05. The van der Waals surface area contributed by atoms with Gasteiger partial charge in [0.15, 0.2) is 0 Å². The summed E-state index contributed by atoms with van der Waals surface area (Å²) < 4.78 is 1.85. The number of aromatic nitrogens is 2. The molecule has 14 heavy (non-hydrogen) atoms. The highest BCUT2D eigenvalue weighted by atomic mass is 15.2. The average Bonchev–Trinajstić information content (AvgIpc) is 2.28. The van der Waals surface area contributed by atoms with E-state index < -0.39 is 0 Å². The van der Waals surface area contributed by atoms with Crippen LogP contribution in [0.5, 0.6) is 0 Å². The monoisotopic (exact) mass is 195 g/mol. The van der Waals surface area contributed by atoms with Crippen molar-refractivity contribution in [3.05, 3.63) is 17.5 Å². The Morgan fingerprint density at radius 2 is 2.14 bits per heavy atom. The highest BCUT2D eigenvalue weighted by Gasteiger charge is 2.10. The van der Waals surface area contributed by atoms with Crippen LogP contribution in [0.15, 0.2) is 6.20 Å². The van der Waals surface area contributed by atoms with Crippen LogP contribution in [-0.2, 0) is 13.5 Å². The Labute approximate surface area is 86.3 Å². The summed E-state index contributed by atoms with van der Waals surface area (Å²) in [6.45, 7) is 6.45. The maximum Gasteiger partial charge on any atom is 0.0626 e. The second-order valence-electron chi connectivity index (χ2n) is 4.51. The third-order valence-electron chi connectivity index (χ3n) is 2.37. The Morgan fingerprint density at radius 3 is 2.57 bits per heavy atom. The Kier molecular flexibility index (Phi) is 3.69. The highest BCUT2D eigenvalue weighted by molar-refractivity contribution is 5.16. The number of hydrogen-bond acceptors (Lipinski definition) is 2. The lowest BCUT2D eigenvalue weighted by Crippen LogP contribution is -2.24. The molecule has 0 saturated heterocycles. The fourth-order valence-electron chi connectivity index (χ4n) is 1.82. The molecule has 3 heteroatoms. The minimum absolute atomic E-state index is 0.262. The van der Waals surface area contributed by atoms with E-state index in [-0.39, 0.29) is 6.04 Å². The van der Waals surface area contributed by atoms with Crippen LogP contribution >= 0.6 is 0 Å². The van der Waals surface area contributed by atoms with Gasteiger partial charge in [-0.25, -0.2) is 0 Å². The van der Waals surface area contributed by atoms with E-state index >= 15 is 0 Å². The van der Waals surface area contributed by atoms with Crippen molar-refractivity contribution in [1.82, 2.24) is 9.78 Å². The molecule has 2 N–H and O–H groups in total. The van der Waals surface area contributed by atoms with Crippen LogP contribution in [0.4, 0.5) is 0 Å². The van der Waals surface area contributed by atoms with E-state index in [0.29, 0.717) is 5.92 Å². The van der Waals surface area contributed by atoms with Gasteiger partial charge in [-0.3, -0.25) is 4.68 Å². The molecule has 0 spiro atoms. The van der Waals surface area contributed by atoms with E-state index in [0.717, 1.165) is 18.5 Å². The van der Waals surface area contributed by atoms with Gasteiger partial charge in [0.05, 0.1) is 5.69 Å². The largest absolute Gasteiger partial charge is 0.327 e. The van der Waals surface area contributed by atoms with Crippen molar-refractivity contribution in [3.63, 3.8) is 0 Å². The standard InChI is InChI=1S/C11H21N3/c1-8(2)5-11(12)6-10-7-14(4)13-9(10)3/h7-8,11H,5-6,12H2,1-4H3. The molecule has 0 bridgehead atoms. The van der Waals surface area contributed by atoms with Crippen LogP contribution in [0.3, 0.4) is 0 Å². The molecule has 0 amide bonds. The molecule has 1 atom stereocenters. The quantitative estimate of drug-likeness (QED) is 0.793. The van der Waals surface area contributed by atoms with Crippen molar-refractivity contribution in [2.75, 3.05) is 0 Å². The molecular formula is C11H21N3. The number of nitrogens with two attached hydrogens (primary N) is 1. The lowest BCUT2D eigenvalue weighted by atomic mass is 9.99. The summed E-state index contributed by atoms with van der Waals surface area (Å²) in [6.07, 6.45) is 4.09. The van der Waals surface area contributed by atoms with Gasteiger partial charge in [0.1, 0.15) is 0 Å². The molecule has 1 heterocycles. The first-order valence-corrected chi connectivity index (χ1v) is 5.23. The maximum atomic E-state index is 6.05. The lowest BCUT2D eigenvalue weighted by Gasteiger charge is -2.13. The van der Waals surface area contributed by atoms with Crippen molar-refractivity contribution in [2.24, 2.45) is 18.7 Å². The zero-order valence-electron chi connectivity index (χ0n) is 9.62. The summed E-state index contributed by atoms with van der Waals surface area (Å²) in [7, 11) is 1.95. The number of nitrogens with zero attached hydrogens (tertiary/aromatic N) is 2. The second kappa shape index (κ2) is 4.60. The van der Waals surface area contributed by atoms with Crippen molar-refractivity contribution < 1.29 is 0 Å². The zero-order chi connectivity index (χ0) is 10.7. The van der Waals surface area contributed by atoms with Crippen LogP contribution in [0, 0.1) is 12.8 Å². The molecule has 1 unspecified atom stereocenters. The summed E-state index contributed by atoms with van der Waals surface area (Å²) in [5, 5.41) is 4.30. The molecule has 1 aromatic rings. The first-order chi connectivity index (χ1) is 6.49. The van der Waals surface area contributed by atoms with E-state index in [1.165, 1.54) is 5.56 Å². The Bertz CT molecular complexity index is 289. The molecule has 80 valence electrons. The van der Waals surface area contributed by atoms with Crippen molar-refractivity contribution in [2.45, 2.75) is 39.7 Å². The molecule has 0 radical (unpaired) electrons. The van der Waals surface area contributed by atoms with Crippen LogP contribution in [0.25, 0.3) is 0 Å². The van der Waals surface area contributed by atoms with Gasteiger partial charge >= 0.3 is 0 Å². The van der Waals surface area contributed by atoms with E-state index in [4.69, 9.17) is 5.73 Å². The van der Waals surface area contributed by atoms with E-state index in [9.17, 15) is 0 Å². The molecule has 0 aromatic carbocycles. The lowest BCUT2D eigenvalue weighted by molar-refractivity contribution is 0.493. The Balaban J connectivity index is 2.55. The predicted molar refractivity (Wildman–Crippen MR) is 59.1 cm³/mol. The fourth-order valence-corrected chi connectivity index (χ4v) is 1.82. The fraction of sp³-hybridized carbons (Fsp3) is 0.727. The number of rotatable bonds is 4. The third-order valence-corrected chi connectivity index (χ3v) is 2.37. The van der Waals surface area contributed by atoms with Gasteiger partial charge in [0.25, 0.3) is 0 Å². The van der Waals surface area contributed by atoms with Crippen LogP contribution in [0.1, 0.15) is 31.5 Å². The highest BCUT2D eigenvalue weighted by Crippen LogP contribution is 2.11. The van der Waals surface area contributed by atoms with Gasteiger partial charge in [0.2, 0.25) is 0 Å². The summed E-state index contributed by atoms with van der Waals surface area (Å²) in [6, 6.07) is 0.262. The van der Waals surface area contributed by atoms with Gasteiger partial charge in [0, 0.05) is 19.3 Å². The van der Waals surface area contributed by atoms with Crippen LogP contribution < -0.4 is 5.73 Å². The van der Waals surface area contributed by atoms with Crippen molar-refractivity contribution >= 4 is 0 Å². The SMILES string of the molecule is Cc1nn(C)cc1CC(N)CC(C)C. The van der Waals surface area contributed by atoms with Crippen LogP contribution in [0.2, 0.25) is 0 Å². The van der Waals surface area contributed by atoms with Gasteiger partial charge < -0.3 is 5.73 Å². The molecule has 1 rings (SSSR count). The molecule has 0 aliphatic carbocycles. The predicted octanol–water partition coefficient (Wildman–Crippen LogP) is 1.64. The molecule has 1 aromatic heterocycles. The Hall–Kier alpha value is -0.830. The molecule has 0 aliphatic heterocycles. The third kappa shape index (κ3) is 3.14. The first-order valence-electron chi connectivity index (χ1n) is 5.23. The van der Waals surface area contributed by atoms with E-state index in [1.807, 2.05) is 18.7 Å². The normalized spacial score (nSPS) is 13.6. The smallest absolute Gasteiger partial charge is 0.0626 e. The second-order valence-corrected chi connectivity index (χ2v) is 4.51. The average molecular weight is 195 g/mol. The summed E-state index contributed by atoms with van der Waals surface area (Å²) in [5.74, 6) is 0.668. The van der Waals surface area contributed by atoms with Crippen molar-refractivity contribution in [3.8, 4) is 0 Å². The zero-order valence-corrected chi connectivity index (χ0v) is 9.62. The van der Waals surface area contributed by atoms with E-state index in [2.05, 4.69) is 25.1 Å². The minimum Gasteiger partial charge on any atom is -0.327 e. The van der Waals surface area contributed by atoms with Crippen LogP contribution in [-0.4, -0.2) is 15.8 Å². The molecule has 0 fully saturated rings. The molecule has 0 aliphatic rings. The van der Waals surface area contributed by atoms with Gasteiger partial charge in [-0.05, 0) is 31.2 Å². The van der Waals surface area contributed by atoms with Crippen molar-refractivity contribution in [1.29, 1.82) is 0 Å². The molecule has 3 nitrogen and oxygen atoms in total.